The monoisotopic (exact) mass is 296 g/mol. The lowest BCUT2D eigenvalue weighted by atomic mass is 9.76. The van der Waals surface area contributed by atoms with Gasteiger partial charge in [-0.1, -0.05) is 64.5 Å². The molecule has 1 spiro atoms. The summed E-state index contributed by atoms with van der Waals surface area (Å²) in [7, 11) is 0. The summed E-state index contributed by atoms with van der Waals surface area (Å²) in [6, 6.07) is 15.4. The summed E-state index contributed by atoms with van der Waals surface area (Å²) in [6.07, 6.45) is 6.90. The largest absolute Gasteiger partial charge is 0.0873 e. The van der Waals surface area contributed by atoms with Gasteiger partial charge in [0.2, 0.25) is 0 Å². The van der Waals surface area contributed by atoms with Crippen molar-refractivity contribution >= 4 is 15.9 Å². The summed E-state index contributed by atoms with van der Waals surface area (Å²) in [4.78, 5) is 0. The maximum Gasteiger partial charge on any atom is 0.0295 e. The second-order valence-electron chi connectivity index (χ2n) is 5.17. The average Bonchev–Trinajstić information content (AvgIpc) is 2.98. The standard InChI is InChI=1S/C17H13Br/c18-15-9-5-7-13-12-6-1-2-8-14(12)17(16(13)15)10-3-4-11-17/h1-9H,10-11H2. The molecule has 88 valence electrons. The molecule has 0 aromatic heterocycles. The second kappa shape index (κ2) is 3.58. The lowest BCUT2D eigenvalue weighted by Gasteiger charge is -2.27. The molecule has 0 saturated heterocycles. The number of hydrogen-bond acceptors (Lipinski definition) is 0. The molecule has 0 radical (unpaired) electrons. The van der Waals surface area contributed by atoms with E-state index in [1.165, 1.54) is 26.7 Å². The molecule has 0 amide bonds. The summed E-state index contributed by atoms with van der Waals surface area (Å²) >= 11 is 3.76. The Kier molecular flexibility index (Phi) is 2.10. The van der Waals surface area contributed by atoms with Gasteiger partial charge in [-0.2, -0.15) is 0 Å². The van der Waals surface area contributed by atoms with E-state index in [4.69, 9.17) is 0 Å². The van der Waals surface area contributed by atoms with Gasteiger partial charge in [0.25, 0.3) is 0 Å². The SMILES string of the molecule is Brc1cccc2c1C1(CC=CC1)c1ccccc1-2. The lowest BCUT2D eigenvalue weighted by molar-refractivity contribution is 0.570. The van der Waals surface area contributed by atoms with Gasteiger partial charge in [0, 0.05) is 9.89 Å². The number of fused-ring (bicyclic) bond motifs is 5. The minimum absolute atomic E-state index is 0.187. The van der Waals surface area contributed by atoms with Crippen LogP contribution in [0.2, 0.25) is 0 Å². The van der Waals surface area contributed by atoms with Crippen LogP contribution in [0.1, 0.15) is 24.0 Å². The first-order chi connectivity index (χ1) is 8.83. The molecular formula is C17H13Br. The lowest BCUT2D eigenvalue weighted by Crippen LogP contribution is -2.21. The van der Waals surface area contributed by atoms with E-state index >= 15 is 0 Å². The van der Waals surface area contributed by atoms with Gasteiger partial charge in [0.05, 0.1) is 0 Å². The highest BCUT2D eigenvalue weighted by Crippen LogP contribution is 2.56. The first-order valence-corrected chi connectivity index (χ1v) is 7.16. The van der Waals surface area contributed by atoms with E-state index in [0.29, 0.717) is 0 Å². The zero-order chi connectivity index (χ0) is 12.2. The van der Waals surface area contributed by atoms with Gasteiger partial charge in [0.15, 0.2) is 0 Å². The molecule has 2 aliphatic rings. The van der Waals surface area contributed by atoms with Crippen LogP contribution in [0.15, 0.2) is 59.1 Å². The van der Waals surface area contributed by atoms with Crippen LogP contribution in [-0.4, -0.2) is 0 Å². The molecule has 0 fully saturated rings. The predicted molar refractivity (Wildman–Crippen MR) is 78.7 cm³/mol. The zero-order valence-electron chi connectivity index (χ0n) is 9.99. The summed E-state index contributed by atoms with van der Waals surface area (Å²) in [5.74, 6) is 0. The Morgan fingerprint density at radius 1 is 0.833 bits per heavy atom. The first-order valence-electron chi connectivity index (χ1n) is 6.37. The minimum Gasteiger partial charge on any atom is -0.0873 e. The van der Waals surface area contributed by atoms with Gasteiger partial charge in [-0.05, 0) is 41.2 Å². The van der Waals surface area contributed by atoms with Crippen LogP contribution in [0, 0.1) is 0 Å². The number of rotatable bonds is 0. The Bertz CT molecular complexity index is 659. The smallest absolute Gasteiger partial charge is 0.0295 e. The molecule has 2 aliphatic carbocycles. The number of hydrogen-bond donors (Lipinski definition) is 0. The zero-order valence-corrected chi connectivity index (χ0v) is 11.6. The van der Waals surface area contributed by atoms with Gasteiger partial charge in [-0.3, -0.25) is 0 Å². The van der Waals surface area contributed by atoms with E-state index in [-0.39, 0.29) is 5.41 Å². The van der Waals surface area contributed by atoms with Gasteiger partial charge in [-0.15, -0.1) is 0 Å². The number of allylic oxidation sites excluding steroid dienone is 2. The summed E-state index contributed by atoms with van der Waals surface area (Å²) in [5, 5.41) is 0. The van der Waals surface area contributed by atoms with E-state index in [0.717, 1.165) is 12.8 Å². The van der Waals surface area contributed by atoms with E-state index in [1.807, 2.05) is 0 Å². The second-order valence-corrected chi connectivity index (χ2v) is 6.02. The summed E-state index contributed by atoms with van der Waals surface area (Å²) < 4.78 is 1.25. The highest BCUT2D eigenvalue weighted by molar-refractivity contribution is 9.10. The summed E-state index contributed by atoms with van der Waals surface area (Å²) in [5.41, 5.74) is 5.99. The third-order valence-electron chi connectivity index (χ3n) is 4.32. The Morgan fingerprint density at radius 3 is 2.39 bits per heavy atom. The van der Waals surface area contributed by atoms with E-state index in [1.54, 1.807) is 0 Å². The van der Waals surface area contributed by atoms with Crippen LogP contribution in [0.5, 0.6) is 0 Å². The quantitative estimate of drug-likeness (QED) is 0.596. The Morgan fingerprint density at radius 2 is 1.56 bits per heavy atom. The molecular weight excluding hydrogens is 284 g/mol. The van der Waals surface area contributed by atoms with Gasteiger partial charge in [0.1, 0.15) is 0 Å². The predicted octanol–water partition coefficient (Wildman–Crippen LogP) is 5.07. The van der Waals surface area contributed by atoms with Crippen molar-refractivity contribution in [2.24, 2.45) is 0 Å². The molecule has 4 rings (SSSR count). The molecule has 2 aromatic rings. The van der Waals surface area contributed by atoms with Crippen LogP contribution in [0.3, 0.4) is 0 Å². The fourth-order valence-electron chi connectivity index (χ4n) is 3.58. The molecule has 1 heteroatoms. The molecule has 0 unspecified atom stereocenters. The number of benzene rings is 2. The van der Waals surface area contributed by atoms with Crippen LogP contribution >= 0.6 is 15.9 Å². The normalized spacial score (nSPS) is 18.1. The molecule has 0 aliphatic heterocycles. The molecule has 0 atom stereocenters. The Hall–Kier alpha value is -1.34. The first kappa shape index (κ1) is 10.6. The van der Waals surface area contributed by atoms with Crippen molar-refractivity contribution in [3.05, 3.63) is 70.2 Å². The third-order valence-corrected chi connectivity index (χ3v) is 4.99. The molecule has 0 nitrogen and oxygen atoms in total. The van der Waals surface area contributed by atoms with Gasteiger partial charge < -0.3 is 0 Å². The van der Waals surface area contributed by atoms with Gasteiger partial charge in [-0.25, -0.2) is 0 Å². The van der Waals surface area contributed by atoms with Crippen molar-refractivity contribution < 1.29 is 0 Å². The molecule has 0 N–H and O–H groups in total. The highest BCUT2D eigenvalue weighted by atomic mass is 79.9. The van der Waals surface area contributed by atoms with E-state index in [2.05, 4.69) is 70.5 Å². The minimum atomic E-state index is 0.187. The maximum atomic E-state index is 3.76. The average molecular weight is 297 g/mol. The van der Waals surface area contributed by atoms with Crippen molar-refractivity contribution in [2.45, 2.75) is 18.3 Å². The van der Waals surface area contributed by atoms with Crippen molar-refractivity contribution in [2.75, 3.05) is 0 Å². The van der Waals surface area contributed by atoms with Crippen molar-refractivity contribution in [3.8, 4) is 11.1 Å². The summed E-state index contributed by atoms with van der Waals surface area (Å²) in [6.45, 7) is 0. The Labute approximate surface area is 115 Å². The molecule has 0 heterocycles. The van der Waals surface area contributed by atoms with E-state index in [9.17, 15) is 0 Å². The topological polar surface area (TPSA) is 0 Å². The fraction of sp³-hybridized carbons (Fsp3) is 0.176. The molecule has 18 heavy (non-hydrogen) atoms. The van der Waals surface area contributed by atoms with Crippen LogP contribution in [0.4, 0.5) is 0 Å². The van der Waals surface area contributed by atoms with Crippen molar-refractivity contribution in [1.29, 1.82) is 0 Å². The maximum absolute atomic E-state index is 3.76. The van der Waals surface area contributed by atoms with Crippen LogP contribution in [0.25, 0.3) is 11.1 Å². The van der Waals surface area contributed by atoms with Gasteiger partial charge >= 0.3 is 0 Å². The highest BCUT2D eigenvalue weighted by Gasteiger charge is 2.44. The van der Waals surface area contributed by atoms with Crippen molar-refractivity contribution in [1.82, 2.24) is 0 Å². The number of halogens is 1. The van der Waals surface area contributed by atoms with Crippen molar-refractivity contribution in [3.63, 3.8) is 0 Å². The fourth-order valence-corrected chi connectivity index (χ4v) is 4.33. The molecule has 2 aromatic carbocycles. The third kappa shape index (κ3) is 1.16. The van der Waals surface area contributed by atoms with Crippen LogP contribution < -0.4 is 0 Å². The molecule has 0 saturated carbocycles. The van der Waals surface area contributed by atoms with E-state index < -0.39 is 0 Å². The van der Waals surface area contributed by atoms with Crippen LogP contribution in [-0.2, 0) is 5.41 Å². The Balaban J connectivity index is 2.12. The molecule has 0 bridgehead atoms.